The molecule has 156 valence electrons. The molecular formula is C25H35N3O. The van der Waals surface area contributed by atoms with Gasteiger partial charge in [-0.15, -0.1) is 0 Å². The molecule has 3 aliphatic rings. The van der Waals surface area contributed by atoms with Crippen LogP contribution in [0.2, 0.25) is 0 Å². The molecule has 0 amide bonds. The third-order valence-corrected chi connectivity index (χ3v) is 7.11. The van der Waals surface area contributed by atoms with Crippen molar-refractivity contribution in [1.82, 2.24) is 14.5 Å². The Morgan fingerprint density at radius 1 is 1.17 bits per heavy atom. The van der Waals surface area contributed by atoms with Crippen LogP contribution in [0.5, 0.6) is 0 Å². The van der Waals surface area contributed by atoms with E-state index in [4.69, 9.17) is 4.98 Å². The Morgan fingerprint density at radius 3 is 2.52 bits per heavy atom. The Hall–Kier alpha value is -2.10. The molecule has 1 aromatic heterocycles. The van der Waals surface area contributed by atoms with Crippen LogP contribution in [0, 0.1) is 5.92 Å². The zero-order valence-electron chi connectivity index (χ0n) is 18.3. The summed E-state index contributed by atoms with van der Waals surface area (Å²) in [7, 11) is 4.13. The maximum absolute atomic E-state index is 13.6. The van der Waals surface area contributed by atoms with E-state index in [0.29, 0.717) is 11.8 Å². The Labute approximate surface area is 175 Å². The molecule has 0 saturated heterocycles. The number of aryl methyl sites for hydroxylation is 1. The molecule has 0 unspecified atom stereocenters. The second-order valence-corrected chi connectivity index (χ2v) is 9.36. The number of hydrogen-bond acceptors (Lipinski definition) is 3. The lowest BCUT2D eigenvalue weighted by Crippen LogP contribution is -2.36. The molecule has 0 radical (unpaired) electrons. The van der Waals surface area contributed by atoms with E-state index < -0.39 is 0 Å². The highest BCUT2D eigenvalue weighted by atomic mass is 16.1. The van der Waals surface area contributed by atoms with Crippen molar-refractivity contribution >= 4 is 0 Å². The molecule has 29 heavy (non-hydrogen) atoms. The van der Waals surface area contributed by atoms with Gasteiger partial charge in [-0.05, 0) is 76.7 Å². The van der Waals surface area contributed by atoms with Crippen LogP contribution in [0.3, 0.4) is 0 Å². The summed E-state index contributed by atoms with van der Waals surface area (Å²) in [5.41, 5.74) is 4.80. The second-order valence-electron chi connectivity index (χ2n) is 9.36. The number of rotatable bonds is 4. The van der Waals surface area contributed by atoms with Crippen LogP contribution in [0.1, 0.15) is 80.9 Å². The zero-order chi connectivity index (χ0) is 20.5. The Balaban J connectivity index is 1.71. The van der Waals surface area contributed by atoms with Crippen LogP contribution < -0.4 is 5.56 Å². The van der Waals surface area contributed by atoms with E-state index in [-0.39, 0.29) is 11.6 Å². The molecule has 1 fully saturated rings. The monoisotopic (exact) mass is 393 g/mol. The van der Waals surface area contributed by atoms with Crippen LogP contribution in [-0.2, 0) is 12.8 Å². The SMILES string of the molecule is C=C(C)C1CCC(c2nc3c(c(=O)n2[C@@H]2C=CC(N(C)C)=CC2)CCCC3)CC1. The normalized spacial score (nSPS) is 26.6. The fourth-order valence-electron chi connectivity index (χ4n) is 5.26. The van der Waals surface area contributed by atoms with E-state index >= 15 is 0 Å². The molecule has 1 aromatic rings. The van der Waals surface area contributed by atoms with Crippen LogP contribution in [-0.4, -0.2) is 28.5 Å². The lowest BCUT2D eigenvalue weighted by atomic mass is 9.78. The first-order valence-corrected chi connectivity index (χ1v) is 11.3. The first kappa shape index (κ1) is 20.2. The van der Waals surface area contributed by atoms with E-state index in [1.165, 1.54) is 11.3 Å². The predicted octanol–water partition coefficient (Wildman–Crippen LogP) is 4.92. The van der Waals surface area contributed by atoms with E-state index in [0.717, 1.165) is 74.9 Å². The summed E-state index contributed by atoms with van der Waals surface area (Å²) >= 11 is 0. The van der Waals surface area contributed by atoms with Crippen molar-refractivity contribution in [2.45, 2.75) is 76.7 Å². The molecular weight excluding hydrogens is 358 g/mol. The van der Waals surface area contributed by atoms with Crippen molar-refractivity contribution in [2.24, 2.45) is 5.92 Å². The molecule has 1 heterocycles. The molecule has 4 nitrogen and oxygen atoms in total. The minimum absolute atomic E-state index is 0.0831. The van der Waals surface area contributed by atoms with E-state index in [1.807, 2.05) is 0 Å². The molecule has 0 bridgehead atoms. The van der Waals surface area contributed by atoms with Gasteiger partial charge in [0.2, 0.25) is 0 Å². The number of hydrogen-bond donors (Lipinski definition) is 0. The maximum atomic E-state index is 13.6. The van der Waals surface area contributed by atoms with E-state index in [2.05, 4.69) is 55.3 Å². The van der Waals surface area contributed by atoms with Crippen molar-refractivity contribution in [1.29, 1.82) is 0 Å². The summed E-state index contributed by atoms with van der Waals surface area (Å²) in [5, 5.41) is 0. The molecule has 1 atom stereocenters. The van der Waals surface area contributed by atoms with Gasteiger partial charge in [-0.25, -0.2) is 4.98 Å². The maximum Gasteiger partial charge on any atom is 0.257 e. The lowest BCUT2D eigenvalue weighted by molar-refractivity contribution is 0.337. The number of aromatic nitrogens is 2. The fourth-order valence-corrected chi connectivity index (χ4v) is 5.26. The molecule has 0 aromatic carbocycles. The number of nitrogens with zero attached hydrogens (tertiary/aromatic N) is 3. The quantitative estimate of drug-likeness (QED) is 0.682. The van der Waals surface area contributed by atoms with Gasteiger partial charge in [0.05, 0.1) is 11.7 Å². The van der Waals surface area contributed by atoms with Gasteiger partial charge in [0, 0.05) is 31.3 Å². The van der Waals surface area contributed by atoms with Gasteiger partial charge in [-0.3, -0.25) is 9.36 Å². The molecule has 0 N–H and O–H groups in total. The first-order valence-electron chi connectivity index (χ1n) is 11.3. The summed E-state index contributed by atoms with van der Waals surface area (Å²) in [5.74, 6) is 2.06. The molecule has 4 rings (SSSR count). The standard InChI is InChI=1S/C25H35N3O/c1-17(2)18-9-11-19(12-10-18)24-26-23-8-6-5-7-22(23)25(29)28(24)21-15-13-20(14-16-21)27(3)4/h13-15,18-19,21H,1,5-12,16H2,2-4H3/t18?,19?,21-/m1/s1. The number of fused-ring (bicyclic) bond motifs is 1. The van der Waals surface area contributed by atoms with Crippen molar-refractivity contribution in [3.8, 4) is 0 Å². The Bertz CT molecular complexity index is 897. The van der Waals surface area contributed by atoms with Gasteiger partial charge in [0.25, 0.3) is 5.56 Å². The van der Waals surface area contributed by atoms with Crippen molar-refractivity contribution in [2.75, 3.05) is 14.1 Å². The molecule has 0 aliphatic heterocycles. The van der Waals surface area contributed by atoms with Crippen LogP contribution >= 0.6 is 0 Å². The van der Waals surface area contributed by atoms with Gasteiger partial charge in [-0.2, -0.15) is 0 Å². The first-order chi connectivity index (χ1) is 14.0. The Morgan fingerprint density at radius 2 is 1.90 bits per heavy atom. The molecule has 0 spiro atoms. The molecule has 4 heteroatoms. The van der Waals surface area contributed by atoms with Crippen molar-refractivity contribution in [3.05, 3.63) is 63.5 Å². The summed E-state index contributed by atoms with van der Waals surface area (Å²) in [6.45, 7) is 6.32. The average Bonchev–Trinajstić information content (AvgIpc) is 2.74. The minimum atomic E-state index is 0.0831. The fraction of sp³-hybridized carbons (Fsp3) is 0.600. The van der Waals surface area contributed by atoms with Gasteiger partial charge < -0.3 is 4.90 Å². The minimum Gasteiger partial charge on any atom is -0.378 e. The topological polar surface area (TPSA) is 38.1 Å². The molecule has 3 aliphatic carbocycles. The predicted molar refractivity (Wildman–Crippen MR) is 119 cm³/mol. The number of allylic oxidation sites excluding steroid dienone is 4. The van der Waals surface area contributed by atoms with Gasteiger partial charge in [-0.1, -0.05) is 24.3 Å². The van der Waals surface area contributed by atoms with E-state index in [9.17, 15) is 4.79 Å². The van der Waals surface area contributed by atoms with Crippen molar-refractivity contribution in [3.63, 3.8) is 0 Å². The lowest BCUT2D eigenvalue weighted by Gasteiger charge is -2.33. The van der Waals surface area contributed by atoms with Crippen LogP contribution in [0.4, 0.5) is 0 Å². The summed E-state index contributed by atoms with van der Waals surface area (Å²) in [6.07, 6.45) is 16.1. The zero-order valence-corrected chi connectivity index (χ0v) is 18.3. The van der Waals surface area contributed by atoms with Gasteiger partial charge >= 0.3 is 0 Å². The van der Waals surface area contributed by atoms with Crippen LogP contribution in [0.25, 0.3) is 0 Å². The highest BCUT2D eigenvalue weighted by Crippen LogP contribution is 2.39. The molecule has 1 saturated carbocycles. The summed E-state index contributed by atoms with van der Waals surface area (Å²) in [6, 6.07) is 0.0831. The average molecular weight is 394 g/mol. The number of likely N-dealkylation sites (N-methyl/N-ethyl adjacent to an activating group) is 1. The highest BCUT2D eigenvalue weighted by Gasteiger charge is 2.30. The summed E-state index contributed by atoms with van der Waals surface area (Å²) < 4.78 is 2.06. The summed E-state index contributed by atoms with van der Waals surface area (Å²) in [4.78, 5) is 20.9. The second kappa shape index (κ2) is 8.33. The van der Waals surface area contributed by atoms with Crippen LogP contribution in [0.15, 0.2) is 40.9 Å². The van der Waals surface area contributed by atoms with Gasteiger partial charge in [0.1, 0.15) is 5.82 Å². The highest BCUT2D eigenvalue weighted by molar-refractivity contribution is 5.28. The van der Waals surface area contributed by atoms with E-state index in [1.54, 1.807) is 0 Å². The smallest absolute Gasteiger partial charge is 0.257 e. The van der Waals surface area contributed by atoms with Gasteiger partial charge in [0.15, 0.2) is 0 Å². The largest absolute Gasteiger partial charge is 0.378 e. The third-order valence-electron chi connectivity index (χ3n) is 7.11. The Kier molecular flexibility index (Phi) is 5.80. The third kappa shape index (κ3) is 3.99. The van der Waals surface area contributed by atoms with Crippen molar-refractivity contribution < 1.29 is 0 Å².